The van der Waals surface area contributed by atoms with Gasteiger partial charge in [0.1, 0.15) is 0 Å². The Morgan fingerprint density at radius 1 is 1.03 bits per heavy atom. The highest BCUT2D eigenvalue weighted by atomic mass is 16.5. The maximum atomic E-state index is 12.9. The minimum atomic E-state index is -0.907. The number of carbonyl (C=O) groups is 1. The van der Waals surface area contributed by atoms with Crippen LogP contribution in [0.2, 0.25) is 0 Å². The van der Waals surface area contributed by atoms with Gasteiger partial charge in [0, 0.05) is 57.9 Å². The van der Waals surface area contributed by atoms with Gasteiger partial charge in [-0.3, -0.25) is 19.7 Å². The Morgan fingerprint density at radius 2 is 1.83 bits per heavy atom. The molecular formula is C24H26N4O2. The summed E-state index contributed by atoms with van der Waals surface area (Å²) in [4.78, 5) is 23.4. The van der Waals surface area contributed by atoms with Crippen molar-refractivity contribution in [2.75, 3.05) is 26.7 Å². The molecule has 1 amide bonds. The maximum absolute atomic E-state index is 12.9. The van der Waals surface area contributed by atoms with Crippen molar-refractivity contribution in [2.24, 2.45) is 0 Å². The van der Waals surface area contributed by atoms with Crippen LogP contribution in [0.5, 0.6) is 0 Å². The highest BCUT2D eigenvalue weighted by Gasteiger charge is 2.43. The molecule has 0 bridgehead atoms. The van der Waals surface area contributed by atoms with Crippen LogP contribution in [0.1, 0.15) is 11.1 Å². The fourth-order valence-electron chi connectivity index (χ4n) is 3.97. The molecule has 0 spiro atoms. The van der Waals surface area contributed by atoms with E-state index in [1.54, 1.807) is 25.6 Å². The first kappa shape index (κ1) is 20.2. The summed E-state index contributed by atoms with van der Waals surface area (Å²) in [6.07, 6.45) is 7.73. The van der Waals surface area contributed by atoms with Gasteiger partial charge in [-0.15, -0.1) is 0 Å². The second kappa shape index (κ2) is 9.15. The first-order valence-electron chi connectivity index (χ1n) is 10.2. The summed E-state index contributed by atoms with van der Waals surface area (Å²) in [7, 11) is 1.67. The minimum absolute atomic E-state index is 0.0849. The van der Waals surface area contributed by atoms with Crippen molar-refractivity contribution < 1.29 is 9.53 Å². The molecule has 6 nitrogen and oxygen atoms in total. The summed E-state index contributed by atoms with van der Waals surface area (Å²) in [5.74, 6) is -0.0849. The molecule has 1 aromatic carbocycles. The van der Waals surface area contributed by atoms with E-state index >= 15 is 0 Å². The van der Waals surface area contributed by atoms with Crippen molar-refractivity contribution in [3.63, 3.8) is 0 Å². The number of nitrogens with zero attached hydrogens (tertiary/aromatic N) is 3. The third kappa shape index (κ3) is 4.56. The van der Waals surface area contributed by atoms with Crippen molar-refractivity contribution in [1.82, 2.24) is 20.2 Å². The summed E-state index contributed by atoms with van der Waals surface area (Å²) in [5, 5.41) is 2.81. The number of carbonyl (C=O) groups excluding carboxylic acids is 1. The second-order valence-electron chi connectivity index (χ2n) is 7.60. The van der Waals surface area contributed by atoms with Crippen LogP contribution >= 0.6 is 0 Å². The first-order chi connectivity index (χ1) is 14.7. The summed E-state index contributed by atoms with van der Waals surface area (Å²) in [6.45, 7) is 2.62. The highest BCUT2D eigenvalue weighted by Crippen LogP contribution is 2.26. The molecule has 4 rings (SSSR count). The topological polar surface area (TPSA) is 67.4 Å². The molecule has 0 radical (unpaired) electrons. The number of rotatable bonds is 6. The molecule has 2 aromatic heterocycles. The Labute approximate surface area is 176 Å². The fraction of sp³-hybridized carbons (Fsp3) is 0.292. The SMILES string of the molecule is CNC(=O)[C@]1(Cc2ccc(-c3cccnc3)cc2)CN(Cc2ccncc2)CCO1. The van der Waals surface area contributed by atoms with E-state index < -0.39 is 5.60 Å². The molecule has 0 unspecified atom stereocenters. The van der Waals surface area contributed by atoms with Gasteiger partial charge in [-0.2, -0.15) is 0 Å². The largest absolute Gasteiger partial charge is 0.362 e. The van der Waals surface area contributed by atoms with Crippen LogP contribution in [0.15, 0.2) is 73.3 Å². The predicted molar refractivity (Wildman–Crippen MR) is 116 cm³/mol. The molecule has 1 fully saturated rings. The van der Waals surface area contributed by atoms with E-state index in [4.69, 9.17) is 4.74 Å². The number of morpholine rings is 1. The lowest BCUT2D eigenvalue weighted by molar-refractivity contribution is -0.160. The van der Waals surface area contributed by atoms with Gasteiger partial charge in [-0.05, 0) is 40.5 Å². The van der Waals surface area contributed by atoms with E-state index in [2.05, 4.69) is 44.5 Å². The van der Waals surface area contributed by atoms with Gasteiger partial charge in [-0.25, -0.2) is 0 Å². The molecule has 154 valence electrons. The van der Waals surface area contributed by atoms with E-state index in [-0.39, 0.29) is 5.91 Å². The van der Waals surface area contributed by atoms with E-state index in [1.165, 1.54) is 5.56 Å². The van der Waals surface area contributed by atoms with Crippen LogP contribution in [-0.2, 0) is 22.5 Å². The van der Waals surface area contributed by atoms with Crippen LogP contribution in [0.4, 0.5) is 0 Å². The van der Waals surface area contributed by atoms with Crippen molar-refractivity contribution in [1.29, 1.82) is 0 Å². The van der Waals surface area contributed by atoms with Crippen molar-refractivity contribution in [3.8, 4) is 11.1 Å². The van der Waals surface area contributed by atoms with Crippen LogP contribution in [-0.4, -0.2) is 53.1 Å². The van der Waals surface area contributed by atoms with Gasteiger partial charge in [0.15, 0.2) is 5.60 Å². The number of amides is 1. The van der Waals surface area contributed by atoms with Gasteiger partial charge in [-0.1, -0.05) is 30.3 Å². The standard InChI is InChI=1S/C24H26N4O2/c1-25-23(29)24(18-28(13-14-30-24)17-20-8-11-26-12-9-20)15-19-4-6-21(7-5-19)22-3-2-10-27-16-22/h2-12,16H,13-15,17-18H2,1H3,(H,25,29)/t24-/m0/s1. The molecule has 3 aromatic rings. The average Bonchev–Trinajstić information content (AvgIpc) is 2.80. The Bertz CT molecular complexity index is 964. The van der Waals surface area contributed by atoms with Gasteiger partial charge in [0.25, 0.3) is 5.91 Å². The smallest absolute Gasteiger partial charge is 0.253 e. The molecule has 1 aliphatic rings. The zero-order valence-corrected chi connectivity index (χ0v) is 17.1. The number of benzene rings is 1. The second-order valence-corrected chi connectivity index (χ2v) is 7.60. The number of hydrogen-bond donors (Lipinski definition) is 1. The maximum Gasteiger partial charge on any atom is 0.253 e. The summed E-state index contributed by atoms with van der Waals surface area (Å²) in [6, 6.07) is 16.3. The molecule has 3 heterocycles. The lowest BCUT2D eigenvalue weighted by atomic mass is 9.90. The van der Waals surface area contributed by atoms with Crippen LogP contribution in [0.3, 0.4) is 0 Å². The molecule has 30 heavy (non-hydrogen) atoms. The zero-order chi connectivity index (χ0) is 20.8. The van der Waals surface area contributed by atoms with Crippen LogP contribution < -0.4 is 5.32 Å². The monoisotopic (exact) mass is 402 g/mol. The quantitative estimate of drug-likeness (QED) is 0.687. The third-order valence-corrected chi connectivity index (χ3v) is 5.50. The number of ether oxygens (including phenoxy) is 1. The fourth-order valence-corrected chi connectivity index (χ4v) is 3.97. The highest BCUT2D eigenvalue weighted by molar-refractivity contribution is 5.86. The molecule has 1 saturated heterocycles. The number of aromatic nitrogens is 2. The Morgan fingerprint density at radius 3 is 2.53 bits per heavy atom. The molecule has 1 aliphatic heterocycles. The molecule has 1 atom stereocenters. The third-order valence-electron chi connectivity index (χ3n) is 5.50. The summed E-state index contributed by atoms with van der Waals surface area (Å²) < 4.78 is 6.13. The van der Waals surface area contributed by atoms with Crippen molar-refractivity contribution >= 4 is 5.91 Å². The molecule has 6 heteroatoms. The molecule has 1 N–H and O–H groups in total. The molecule has 0 saturated carbocycles. The van der Waals surface area contributed by atoms with Crippen LogP contribution in [0.25, 0.3) is 11.1 Å². The summed E-state index contributed by atoms with van der Waals surface area (Å²) >= 11 is 0. The Hall–Kier alpha value is -3.09. The minimum Gasteiger partial charge on any atom is -0.362 e. The van der Waals surface area contributed by atoms with Gasteiger partial charge in [0.05, 0.1) is 6.61 Å². The number of likely N-dealkylation sites (N-methyl/N-ethyl adjacent to an activating group) is 1. The lowest BCUT2D eigenvalue weighted by Crippen LogP contribution is -2.60. The van der Waals surface area contributed by atoms with Gasteiger partial charge in [0.2, 0.25) is 0 Å². The van der Waals surface area contributed by atoms with Crippen molar-refractivity contribution in [3.05, 3.63) is 84.4 Å². The average molecular weight is 402 g/mol. The van der Waals surface area contributed by atoms with Gasteiger partial charge >= 0.3 is 0 Å². The van der Waals surface area contributed by atoms with Crippen molar-refractivity contribution in [2.45, 2.75) is 18.6 Å². The Kier molecular flexibility index (Phi) is 6.16. The number of hydrogen-bond acceptors (Lipinski definition) is 5. The first-order valence-corrected chi connectivity index (χ1v) is 10.2. The normalized spacial score (nSPS) is 19.4. The van der Waals surface area contributed by atoms with Crippen LogP contribution in [0, 0.1) is 0 Å². The summed E-state index contributed by atoms with van der Waals surface area (Å²) in [5.41, 5.74) is 3.51. The van der Waals surface area contributed by atoms with E-state index in [0.29, 0.717) is 19.6 Å². The van der Waals surface area contributed by atoms with Gasteiger partial charge < -0.3 is 10.1 Å². The zero-order valence-electron chi connectivity index (χ0n) is 17.1. The Balaban J connectivity index is 1.52. The lowest BCUT2D eigenvalue weighted by Gasteiger charge is -2.41. The predicted octanol–water partition coefficient (Wildman–Crippen LogP) is 2.70. The number of pyridine rings is 2. The van der Waals surface area contributed by atoms with E-state index in [9.17, 15) is 4.79 Å². The number of nitrogens with one attached hydrogen (secondary N) is 1. The van der Waals surface area contributed by atoms with E-state index in [1.807, 2.05) is 30.5 Å². The molecular weight excluding hydrogens is 376 g/mol. The van der Waals surface area contributed by atoms with E-state index in [0.717, 1.165) is 29.8 Å². The molecule has 0 aliphatic carbocycles.